The number of pyridine rings is 2. The van der Waals surface area contributed by atoms with Gasteiger partial charge in [-0.1, -0.05) is 6.07 Å². The van der Waals surface area contributed by atoms with Crippen molar-refractivity contribution in [3.8, 4) is 0 Å². The Hall–Kier alpha value is -3.06. The van der Waals surface area contributed by atoms with E-state index in [9.17, 15) is 9.70 Å². The molecule has 0 aliphatic carbocycles. The van der Waals surface area contributed by atoms with Crippen LogP contribution in [0.4, 0.5) is 11.4 Å². The lowest BCUT2D eigenvalue weighted by Crippen LogP contribution is -2.13. The number of aryl methyl sites for hydroxylation is 1. The van der Waals surface area contributed by atoms with Gasteiger partial charge in [-0.2, -0.15) is 0 Å². The first-order chi connectivity index (χ1) is 12.7. The summed E-state index contributed by atoms with van der Waals surface area (Å²) in [6, 6.07) is 12.3. The van der Waals surface area contributed by atoms with E-state index in [1.54, 1.807) is 55.8 Å². The van der Waals surface area contributed by atoms with Crippen molar-refractivity contribution in [3.63, 3.8) is 0 Å². The van der Waals surface area contributed by atoms with Gasteiger partial charge in [0.15, 0.2) is 0 Å². The average Bonchev–Trinajstić information content (AvgIpc) is 2.69. The van der Waals surface area contributed by atoms with Crippen LogP contribution in [0.25, 0.3) is 0 Å². The predicted molar refractivity (Wildman–Crippen MR) is 103 cm³/mol. The number of hydrogen-bond acceptors (Lipinski definition) is 6. The molecule has 3 aromatic rings. The SMILES string of the molecule is Cc1ccc(NC(=O)c2cccnc2SCc2ccncc2)cc1N=O. The minimum absolute atomic E-state index is 0.281. The zero-order valence-electron chi connectivity index (χ0n) is 14.0. The molecular weight excluding hydrogens is 348 g/mol. The Bertz CT molecular complexity index is 932. The maximum Gasteiger partial charge on any atom is 0.258 e. The number of aromatic nitrogens is 2. The Morgan fingerprint density at radius 2 is 1.96 bits per heavy atom. The van der Waals surface area contributed by atoms with Crippen LogP contribution < -0.4 is 5.32 Å². The van der Waals surface area contributed by atoms with Gasteiger partial charge in [-0.05, 0) is 59.6 Å². The molecule has 1 amide bonds. The second-order valence-corrected chi connectivity index (χ2v) is 6.51. The highest BCUT2D eigenvalue weighted by molar-refractivity contribution is 7.98. The topological polar surface area (TPSA) is 84.3 Å². The average molecular weight is 364 g/mol. The van der Waals surface area contributed by atoms with Crippen molar-refractivity contribution in [2.24, 2.45) is 5.18 Å². The second-order valence-electron chi connectivity index (χ2n) is 5.55. The van der Waals surface area contributed by atoms with Crippen LogP contribution in [-0.2, 0) is 5.75 Å². The Labute approximate surface area is 155 Å². The summed E-state index contributed by atoms with van der Waals surface area (Å²) < 4.78 is 0. The number of anilines is 1. The number of amides is 1. The van der Waals surface area contributed by atoms with Crippen LogP contribution in [0.15, 0.2) is 71.3 Å². The highest BCUT2D eigenvalue weighted by Crippen LogP contribution is 2.26. The van der Waals surface area contributed by atoms with Gasteiger partial charge >= 0.3 is 0 Å². The summed E-state index contributed by atoms with van der Waals surface area (Å²) >= 11 is 1.48. The monoisotopic (exact) mass is 364 g/mol. The number of carbonyl (C=O) groups is 1. The van der Waals surface area contributed by atoms with Crippen molar-refractivity contribution >= 4 is 29.0 Å². The van der Waals surface area contributed by atoms with Gasteiger partial charge in [-0.25, -0.2) is 4.98 Å². The summed E-state index contributed by atoms with van der Waals surface area (Å²) in [5.74, 6) is 0.403. The summed E-state index contributed by atoms with van der Waals surface area (Å²) in [4.78, 5) is 31.8. The van der Waals surface area contributed by atoms with E-state index in [1.807, 2.05) is 12.1 Å². The van der Waals surface area contributed by atoms with Gasteiger partial charge in [0.2, 0.25) is 0 Å². The molecule has 26 heavy (non-hydrogen) atoms. The van der Waals surface area contributed by atoms with Crippen LogP contribution in [0, 0.1) is 11.8 Å². The molecular formula is C19H16N4O2S. The van der Waals surface area contributed by atoms with Crippen LogP contribution >= 0.6 is 11.8 Å². The van der Waals surface area contributed by atoms with Crippen LogP contribution in [0.1, 0.15) is 21.5 Å². The molecule has 0 unspecified atom stereocenters. The molecule has 0 saturated heterocycles. The lowest BCUT2D eigenvalue weighted by atomic mass is 10.2. The van der Waals surface area contributed by atoms with Crippen molar-refractivity contribution in [1.29, 1.82) is 0 Å². The number of nitrogens with zero attached hydrogens (tertiary/aromatic N) is 3. The number of nitrogens with one attached hydrogen (secondary N) is 1. The summed E-state index contributed by atoms with van der Waals surface area (Å²) in [5.41, 5.74) is 3.16. The van der Waals surface area contributed by atoms with E-state index in [4.69, 9.17) is 0 Å². The van der Waals surface area contributed by atoms with E-state index >= 15 is 0 Å². The van der Waals surface area contributed by atoms with Gasteiger partial charge in [-0.15, -0.1) is 16.7 Å². The fraction of sp³-hybridized carbons (Fsp3) is 0.105. The molecule has 0 spiro atoms. The van der Waals surface area contributed by atoms with Crippen LogP contribution in [-0.4, -0.2) is 15.9 Å². The highest BCUT2D eigenvalue weighted by Gasteiger charge is 2.14. The molecule has 1 aromatic carbocycles. The Morgan fingerprint density at radius 3 is 2.73 bits per heavy atom. The van der Waals surface area contributed by atoms with Crippen molar-refractivity contribution in [3.05, 3.63) is 82.7 Å². The van der Waals surface area contributed by atoms with Crippen LogP contribution in [0.3, 0.4) is 0 Å². The molecule has 7 heteroatoms. The van der Waals surface area contributed by atoms with Gasteiger partial charge in [0.1, 0.15) is 10.7 Å². The van der Waals surface area contributed by atoms with Crippen molar-refractivity contribution < 1.29 is 4.79 Å². The third-order valence-electron chi connectivity index (χ3n) is 3.71. The number of benzene rings is 1. The lowest BCUT2D eigenvalue weighted by Gasteiger charge is -2.10. The Kier molecular flexibility index (Phi) is 5.70. The molecule has 0 saturated carbocycles. The smallest absolute Gasteiger partial charge is 0.258 e. The first kappa shape index (κ1) is 17.8. The predicted octanol–water partition coefficient (Wildman–Crippen LogP) is 4.73. The van der Waals surface area contributed by atoms with Crippen LogP contribution in [0.2, 0.25) is 0 Å². The van der Waals surface area contributed by atoms with E-state index in [0.29, 0.717) is 27.7 Å². The third kappa shape index (κ3) is 4.31. The largest absolute Gasteiger partial charge is 0.322 e. The fourth-order valence-electron chi connectivity index (χ4n) is 2.29. The second kappa shape index (κ2) is 8.35. The summed E-state index contributed by atoms with van der Waals surface area (Å²) in [6.07, 6.45) is 5.13. The molecule has 3 rings (SSSR count). The van der Waals surface area contributed by atoms with Crippen molar-refractivity contribution in [2.75, 3.05) is 5.32 Å². The molecule has 0 aliphatic heterocycles. The first-order valence-electron chi connectivity index (χ1n) is 7.89. The van der Waals surface area contributed by atoms with Gasteiger partial charge in [0.05, 0.1) is 5.56 Å². The standard InChI is InChI=1S/C19H16N4O2S/c1-13-4-5-15(11-17(13)23-25)22-18(24)16-3-2-8-21-19(16)26-12-14-6-9-20-10-7-14/h2-11H,12H2,1H3,(H,22,24). The van der Waals surface area contributed by atoms with E-state index in [0.717, 1.165) is 11.1 Å². The summed E-state index contributed by atoms with van der Waals surface area (Å²) in [6.45, 7) is 1.79. The van der Waals surface area contributed by atoms with Crippen molar-refractivity contribution in [2.45, 2.75) is 17.7 Å². The fourth-order valence-corrected chi connectivity index (χ4v) is 3.24. The quantitative estimate of drug-likeness (QED) is 0.505. The highest BCUT2D eigenvalue weighted by atomic mass is 32.2. The number of nitroso groups, excluding NO2 is 1. The zero-order chi connectivity index (χ0) is 18.4. The molecule has 2 aromatic heterocycles. The molecule has 130 valence electrons. The summed E-state index contributed by atoms with van der Waals surface area (Å²) in [5, 5.41) is 6.41. The van der Waals surface area contributed by atoms with Gasteiger partial charge in [0, 0.05) is 30.0 Å². The van der Waals surface area contributed by atoms with E-state index < -0.39 is 0 Å². The van der Waals surface area contributed by atoms with Gasteiger partial charge < -0.3 is 5.32 Å². The normalized spacial score (nSPS) is 10.3. The number of thioether (sulfide) groups is 1. The number of carbonyl (C=O) groups excluding carboxylic acids is 1. The number of hydrogen-bond donors (Lipinski definition) is 1. The van der Waals surface area contributed by atoms with E-state index in [-0.39, 0.29) is 5.91 Å². The molecule has 0 aliphatic rings. The third-order valence-corrected chi connectivity index (χ3v) is 4.78. The minimum atomic E-state index is -0.281. The molecule has 0 atom stereocenters. The van der Waals surface area contributed by atoms with Gasteiger partial charge in [0.25, 0.3) is 5.91 Å². The lowest BCUT2D eigenvalue weighted by molar-refractivity contribution is 0.102. The van der Waals surface area contributed by atoms with E-state index in [1.165, 1.54) is 11.8 Å². The van der Waals surface area contributed by atoms with E-state index in [2.05, 4.69) is 20.5 Å². The minimum Gasteiger partial charge on any atom is -0.322 e. The molecule has 6 nitrogen and oxygen atoms in total. The maximum absolute atomic E-state index is 12.6. The maximum atomic E-state index is 12.6. The molecule has 2 heterocycles. The van der Waals surface area contributed by atoms with Gasteiger partial charge in [-0.3, -0.25) is 9.78 Å². The molecule has 0 fully saturated rings. The number of rotatable bonds is 6. The molecule has 0 bridgehead atoms. The summed E-state index contributed by atoms with van der Waals surface area (Å²) in [7, 11) is 0. The molecule has 1 N–H and O–H groups in total. The Morgan fingerprint density at radius 1 is 1.15 bits per heavy atom. The zero-order valence-corrected chi connectivity index (χ0v) is 14.9. The Balaban J connectivity index is 1.76. The van der Waals surface area contributed by atoms with Crippen molar-refractivity contribution in [1.82, 2.24) is 9.97 Å². The first-order valence-corrected chi connectivity index (χ1v) is 8.88. The van der Waals surface area contributed by atoms with Crippen LogP contribution in [0.5, 0.6) is 0 Å². The molecule has 0 radical (unpaired) electrons.